The summed E-state index contributed by atoms with van der Waals surface area (Å²) in [6, 6.07) is 8.45. The summed E-state index contributed by atoms with van der Waals surface area (Å²) in [5, 5.41) is 0. The molecule has 1 aromatic rings. The molecule has 0 radical (unpaired) electrons. The molecule has 12 heavy (non-hydrogen) atoms. The summed E-state index contributed by atoms with van der Waals surface area (Å²) >= 11 is 5.09. The lowest BCUT2D eigenvalue weighted by Gasteiger charge is -2.05. The molecule has 0 amide bonds. The van der Waals surface area contributed by atoms with Gasteiger partial charge in [0.15, 0.2) is 0 Å². The van der Waals surface area contributed by atoms with E-state index in [1.165, 1.54) is 10.5 Å². The largest absolute Gasteiger partial charge is 0.251 e. The van der Waals surface area contributed by atoms with E-state index >= 15 is 0 Å². The second-order valence-corrected chi connectivity index (χ2v) is 4.22. The van der Waals surface area contributed by atoms with Gasteiger partial charge in [-0.15, -0.1) is 11.8 Å². The summed E-state index contributed by atoms with van der Waals surface area (Å²) in [6.45, 7) is 3.05. The molecule has 0 aliphatic rings. The molecule has 1 aromatic carbocycles. The van der Waals surface area contributed by atoms with E-state index in [1.54, 1.807) is 0 Å². The Balaban J connectivity index is 2.77. The monoisotopic (exact) mass is 245 g/mol. The van der Waals surface area contributed by atoms with E-state index in [0.29, 0.717) is 0 Å². The molecular formula is C9H12BrNS. The minimum atomic E-state index is 0.878. The molecule has 66 valence electrons. The minimum absolute atomic E-state index is 0.878. The van der Waals surface area contributed by atoms with Crippen LogP contribution in [0.3, 0.4) is 0 Å². The van der Waals surface area contributed by atoms with Gasteiger partial charge < -0.3 is 0 Å². The standard InChI is InChI=1S/C9H12BrNS/c1-2-12-9-6-4-3-5-8(9)7-11-10/h3-6,11H,2,7H2,1H3. The van der Waals surface area contributed by atoms with Crippen molar-refractivity contribution < 1.29 is 0 Å². The Kier molecular flexibility index (Phi) is 4.73. The van der Waals surface area contributed by atoms with Crippen molar-refractivity contribution in [2.45, 2.75) is 18.4 Å². The molecule has 0 fully saturated rings. The van der Waals surface area contributed by atoms with E-state index < -0.39 is 0 Å². The van der Waals surface area contributed by atoms with Crippen LogP contribution in [0.2, 0.25) is 0 Å². The molecule has 0 unspecified atom stereocenters. The van der Waals surface area contributed by atoms with E-state index in [0.717, 1.165) is 12.3 Å². The van der Waals surface area contributed by atoms with Gasteiger partial charge in [0.2, 0.25) is 0 Å². The maximum atomic E-state index is 3.21. The third kappa shape index (κ3) is 2.81. The molecule has 0 spiro atoms. The molecule has 1 nitrogen and oxygen atoms in total. The molecule has 0 saturated carbocycles. The molecule has 0 saturated heterocycles. The van der Waals surface area contributed by atoms with Crippen molar-refractivity contribution in [1.82, 2.24) is 4.34 Å². The van der Waals surface area contributed by atoms with Crippen LogP contribution >= 0.6 is 27.9 Å². The molecule has 1 N–H and O–H groups in total. The van der Waals surface area contributed by atoms with Crippen LogP contribution in [-0.2, 0) is 6.54 Å². The number of thioether (sulfide) groups is 1. The third-order valence-corrected chi connectivity index (χ3v) is 2.81. The number of hydrogen-bond acceptors (Lipinski definition) is 2. The topological polar surface area (TPSA) is 12.0 Å². The van der Waals surface area contributed by atoms with Gasteiger partial charge in [-0.2, -0.15) is 0 Å². The summed E-state index contributed by atoms with van der Waals surface area (Å²) in [5.41, 5.74) is 1.35. The third-order valence-electron chi connectivity index (χ3n) is 1.53. The first-order valence-electron chi connectivity index (χ1n) is 3.92. The summed E-state index contributed by atoms with van der Waals surface area (Å²) < 4.78 is 2.98. The van der Waals surface area contributed by atoms with Crippen molar-refractivity contribution in [3.63, 3.8) is 0 Å². The zero-order chi connectivity index (χ0) is 8.81. The highest BCUT2D eigenvalue weighted by molar-refractivity contribution is 9.08. The first-order valence-corrected chi connectivity index (χ1v) is 5.70. The fraction of sp³-hybridized carbons (Fsp3) is 0.333. The van der Waals surface area contributed by atoms with Crippen LogP contribution in [0.15, 0.2) is 29.2 Å². The lowest BCUT2D eigenvalue weighted by molar-refractivity contribution is 0.963. The lowest BCUT2D eigenvalue weighted by atomic mass is 10.2. The van der Waals surface area contributed by atoms with Crippen LogP contribution in [0.5, 0.6) is 0 Å². The van der Waals surface area contributed by atoms with Crippen molar-refractivity contribution >= 4 is 27.9 Å². The van der Waals surface area contributed by atoms with Gasteiger partial charge in [-0.25, -0.2) is 0 Å². The van der Waals surface area contributed by atoms with Crippen molar-refractivity contribution in [2.24, 2.45) is 0 Å². The van der Waals surface area contributed by atoms with E-state index in [9.17, 15) is 0 Å². The lowest BCUT2D eigenvalue weighted by Crippen LogP contribution is -1.98. The number of nitrogens with one attached hydrogen (secondary N) is 1. The second-order valence-electron chi connectivity index (χ2n) is 2.35. The smallest absolute Gasteiger partial charge is 0.0324 e. The van der Waals surface area contributed by atoms with Crippen LogP contribution in [0.1, 0.15) is 12.5 Å². The van der Waals surface area contributed by atoms with Crippen molar-refractivity contribution in [2.75, 3.05) is 5.75 Å². The van der Waals surface area contributed by atoms with Gasteiger partial charge in [-0.05, 0) is 17.4 Å². The number of benzene rings is 1. The summed E-state index contributed by atoms with van der Waals surface area (Å²) in [5.74, 6) is 1.12. The summed E-state index contributed by atoms with van der Waals surface area (Å²) in [4.78, 5) is 1.37. The zero-order valence-electron chi connectivity index (χ0n) is 7.01. The van der Waals surface area contributed by atoms with Gasteiger partial charge in [-0.3, -0.25) is 4.34 Å². The first kappa shape index (κ1) is 10.1. The molecule has 0 aliphatic carbocycles. The molecule has 0 aromatic heterocycles. The number of halogens is 1. The minimum Gasteiger partial charge on any atom is -0.251 e. The van der Waals surface area contributed by atoms with Crippen LogP contribution in [0, 0.1) is 0 Å². The van der Waals surface area contributed by atoms with Gasteiger partial charge in [0.05, 0.1) is 0 Å². The highest BCUT2D eigenvalue weighted by Crippen LogP contribution is 2.21. The predicted molar refractivity (Wildman–Crippen MR) is 58.6 cm³/mol. The highest BCUT2D eigenvalue weighted by atomic mass is 79.9. The summed E-state index contributed by atoms with van der Waals surface area (Å²) in [6.07, 6.45) is 0. The normalized spacial score (nSPS) is 10.2. The van der Waals surface area contributed by atoms with Crippen molar-refractivity contribution in [3.05, 3.63) is 29.8 Å². The van der Waals surface area contributed by atoms with Crippen LogP contribution in [0.4, 0.5) is 0 Å². The molecule has 0 aliphatic heterocycles. The molecule has 0 heterocycles. The van der Waals surface area contributed by atoms with Crippen molar-refractivity contribution in [1.29, 1.82) is 0 Å². The Labute approximate surface area is 86.3 Å². The second kappa shape index (κ2) is 5.62. The molecule has 0 atom stereocenters. The quantitative estimate of drug-likeness (QED) is 0.646. The van der Waals surface area contributed by atoms with E-state index in [4.69, 9.17) is 0 Å². The Morgan fingerprint density at radius 3 is 2.83 bits per heavy atom. The summed E-state index contributed by atoms with van der Waals surface area (Å²) in [7, 11) is 0. The van der Waals surface area contributed by atoms with E-state index in [-0.39, 0.29) is 0 Å². The Morgan fingerprint density at radius 2 is 2.17 bits per heavy atom. The Hall–Kier alpha value is 0.01000. The number of hydrogen-bond donors (Lipinski definition) is 1. The first-order chi connectivity index (χ1) is 5.88. The van der Waals surface area contributed by atoms with E-state index in [1.807, 2.05) is 11.8 Å². The van der Waals surface area contributed by atoms with Crippen LogP contribution in [0.25, 0.3) is 0 Å². The Bertz CT molecular complexity index is 215. The molecule has 1 rings (SSSR count). The van der Waals surface area contributed by atoms with Gasteiger partial charge in [-0.1, -0.05) is 25.1 Å². The molecule has 0 bridgehead atoms. The average molecular weight is 246 g/mol. The van der Waals surface area contributed by atoms with Crippen LogP contribution < -0.4 is 4.34 Å². The van der Waals surface area contributed by atoms with E-state index in [2.05, 4.69) is 51.7 Å². The molecule has 3 heteroatoms. The predicted octanol–water partition coefficient (Wildman–Crippen LogP) is 3.20. The van der Waals surface area contributed by atoms with Gasteiger partial charge in [0, 0.05) is 27.6 Å². The maximum Gasteiger partial charge on any atom is 0.0324 e. The number of rotatable bonds is 4. The van der Waals surface area contributed by atoms with Crippen LogP contribution in [-0.4, -0.2) is 5.75 Å². The molecular weight excluding hydrogens is 234 g/mol. The highest BCUT2D eigenvalue weighted by Gasteiger charge is 1.98. The zero-order valence-corrected chi connectivity index (χ0v) is 9.41. The Morgan fingerprint density at radius 1 is 1.42 bits per heavy atom. The maximum absolute atomic E-state index is 3.21. The van der Waals surface area contributed by atoms with Gasteiger partial charge in [0.1, 0.15) is 0 Å². The fourth-order valence-corrected chi connectivity index (χ4v) is 2.13. The van der Waals surface area contributed by atoms with Crippen molar-refractivity contribution in [3.8, 4) is 0 Å². The fourth-order valence-electron chi connectivity index (χ4n) is 1.02. The SMILES string of the molecule is CCSc1ccccc1CNBr. The average Bonchev–Trinajstić information content (AvgIpc) is 2.09. The van der Waals surface area contributed by atoms with Gasteiger partial charge >= 0.3 is 0 Å². The van der Waals surface area contributed by atoms with Gasteiger partial charge in [0.25, 0.3) is 0 Å².